The van der Waals surface area contributed by atoms with Crippen LogP contribution in [0.1, 0.15) is 36.5 Å². The summed E-state index contributed by atoms with van der Waals surface area (Å²) in [6.45, 7) is 5.97. The second kappa shape index (κ2) is 5.03. The molecule has 2 nitrogen and oxygen atoms in total. The van der Waals surface area contributed by atoms with Gasteiger partial charge in [-0.25, -0.2) is 0 Å². The molecule has 0 amide bonds. The molecule has 96 valence electrons. The van der Waals surface area contributed by atoms with Crippen molar-refractivity contribution in [3.8, 4) is 0 Å². The monoisotopic (exact) mass is 356 g/mol. The molecule has 3 heteroatoms. The number of halogens is 1. The minimum Gasteiger partial charge on any atom is -0.511 e. The second-order valence-electron chi connectivity index (χ2n) is 5.04. The van der Waals surface area contributed by atoms with Gasteiger partial charge in [-0.2, -0.15) is 0 Å². The molecule has 2 rings (SSSR count). The average molecular weight is 356 g/mol. The zero-order chi connectivity index (χ0) is 13.4. The molecule has 0 saturated heterocycles. The highest BCUT2D eigenvalue weighted by Gasteiger charge is 2.28. The largest absolute Gasteiger partial charge is 0.511 e. The van der Waals surface area contributed by atoms with Gasteiger partial charge in [0, 0.05) is 15.9 Å². The molecule has 0 radical (unpaired) electrons. The van der Waals surface area contributed by atoms with Gasteiger partial charge in [0.15, 0.2) is 5.78 Å². The summed E-state index contributed by atoms with van der Waals surface area (Å²) in [6, 6.07) is 4.10. The summed E-state index contributed by atoms with van der Waals surface area (Å²) in [7, 11) is 0. The molecule has 1 unspecified atom stereocenters. The minimum atomic E-state index is 0.0676. The van der Waals surface area contributed by atoms with Gasteiger partial charge in [0.1, 0.15) is 5.76 Å². The normalized spacial score (nSPS) is 20.4. The number of Topliss-reactive ketones (excluding diaryl/α,β-unsaturated/α-hetero) is 1. The van der Waals surface area contributed by atoms with E-state index in [1.54, 1.807) is 0 Å². The van der Waals surface area contributed by atoms with Crippen LogP contribution in [0.15, 0.2) is 17.9 Å². The Morgan fingerprint density at radius 1 is 1.28 bits per heavy atom. The summed E-state index contributed by atoms with van der Waals surface area (Å²) in [5.74, 6) is 0.410. The molecule has 1 aromatic rings. The lowest BCUT2D eigenvalue weighted by Crippen LogP contribution is -2.18. The summed E-state index contributed by atoms with van der Waals surface area (Å²) in [4.78, 5) is 12.1. The molecule has 1 aromatic carbocycles. The van der Waals surface area contributed by atoms with Crippen molar-refractivity contribution >= 4 is 33.9 Å². The van der Waals surface area contributed by atoms with E-state index in [-0.39, 0.29) is 17.5 Å². The van der Waals surface area contributed by atoms with Crippen molar-refractivity contribution in [3.63, 3.8) is 0 Å². The number of aliphatic hydroxyl groups excluding tert-OH is 1. The zero-order valence-corrected chi connectivity index (χ0v) is 13.0. The molecule has 0 aromatic heterocycles. The first-order chi connectivity index (χ1) is 8.41. The molecule has 1 aliphatic carbocycles. The van der Waals surface area contributed by atoms with Crippen molar-refractivity contribution in [2.24, 2.45) is 5.92 Å². The predicted octanol–water partition coefficient (Wildman–Crippen LogP) is 4.18. The summed E-state index contributed by atoms with van der Waals surface area (Å²) in [5, 5.41) is 10.2. The van der Waals surface area contributed by atoms with Crippen LogP contribution in [0.25, 0.3) is 5.57 Å². The first-order valence-corrected chi connectivity index (χ1v) is 7.23. The van der Waals surface area contributed by atoms with E-state index in [0.29, 0.717) is 12.0 Å². The fraction of sp³-hybridized carbons (Fsp3) is 0.400. The second-order valence-corrected chi connectivity index (χ2v) is 6.28. The number of hydrogen-bond donors (Lipinski definition) is 1. The lowest BCUT2D eigenvalue weighted by atomic mass is 9.82. The summed E-state index contributed by atoms with van der Waals surface area (Å²) < 4.78 is 1.16. The molecule has 1 aliphatic rings. The third kappa shape index (κ3) is 2.32. The molecule has 1 atom stereocenters. The van der Waals surface area contributed by atoms with E-state index in [0.717, 1.165) is 26.7 Å². The van der Waals surface area contributed by atoms with Gasteiger partial charge in [-0.05, 0) is 71.7 Å². The third-order valence-corrected chi connectivity index (χ3v) is 4.18. The van der Waals surface area contributed by atoms with Crippen molar-refractivity contribution in [2.75, 3.05) is 0 Å². The number of hydrogen-bond acceptors (Lipinski definition) is 2. The van der Waals surface area contributed by atoms with Crippen LogP contribution in [0.3, 0.4) is 0 Å². The molecule has 0 heterocycles. The maximum absolute atomic E-state index is 12.1. The lowest BCUT2D eigenvalue weighted by Gasteiger charge is -2.23. The van der Waals surface area contributed by atoms with Crippen molar-refractivity contribution in [3.05, 3.63) is 38.2 Å². The Morgan fingerprint density at radius 3 is 2.39 bits per heavy atom. The molecular formula is C15H17IO2. The molecular weight excluding hydrogens is 339 g/mol. The highest BCUT2D eigenvalue weighted by Crippen LogP contribution is 2.35. The van der Waals surface area contributed by atoms with Crippen LogP contribution in [-0.4, -0.2) is 10.9 Å². The Bertz CT molecular complexity index is 520. The predicted molar refractivity (Wildman–Crippen MR) is 81.6 cm³/mol. The van der Waals surface area contributed by atoms with Crippen LogP contribution < -0.4 is 0 Å². The molecule has 0 spiro atoms. The first kappa shape index (κ1) is 13.6. The van der Waals surface area contributed by atoms with Crippen LogP contribution in [0.2, 0.25) is 0 Å². The Hall–Kier alpha value is -0.840. The molecule has 0 fully saturated rings. The van der Waals surface area contributed by atoms with E-state index in [1.807, 2.05) is 20.8 Å². The van der Waals surface area contributed by atoms with Crippen LogP contribution >= 0.6 is 22.6 Å². The molecule has 18 heavy (non-hydrogen) atoms. The standard InChI is InChI=1S/C15H17IO2/c1-8-4-5-12(17)14(15(8)18)13-9(2)6-11(16)7-10(13)3/h6-8,18H,4-5H2,1-3H3. The SMILES string of the molecule is Cc1cc(I)cc(C)c1C1=C(O)C(C)CCC1=O. The number of rotatable bonds is 1. The number of allylic oxidation sites excluding steroid dienone is 2. The van der Waals surface area contributed by atoms with Gasteiger partial charge < -0.3 is 5.11 Å². The van der Waals surface area contributed by atoms with Crippen LogP contribution in [0.4, 0.5) is 0 Å². The topological polar surface area (TPSA) is 37.3 Å². The highest BCUT2D eigenvalue weighted by molar-refractivity contribution is 14.1. The fourth-order valence-corrected chi connectivity index (χ4v) is 3.51. The van der Waals surface area contributed by atoms with E-state index in [4.69, 9.17) is 0 Å². The van der Waals surface area contributed by atoms with Gasteiger partial charge in [-0.3, -0.25) is 4.79 Å². The summed E-state index contributed by atoms with van der Waals surface area (Å²) in [5.41, 5.74) is 3.58. The molecule has 0 aliphatic heterocycles. The van der Waals surface area contributed by atoms with Crippen LogP contribution in [-0.2, 0) is 4.79 Å². The Labute approximate surface area is 121 Å². The quantitative estimate of drug-likeness (QED) is 0.767. The minimum absolute atomic E-state index is 0.0676. The maximum atomic E-state index is 12.1. The van der Waals surface area contributed by atoms with Gasteiger partial charge in [-0.1, -0.05) is 6.92 Å². The number of benzene rings is 1. The van der Waals surface area contributed by atoms with Gasteiger partial charge in [0.25, 0.3) is 0 Å². The summed E-state index contributed by atoms with van der Waals surface area (Å²) in [6.07, 6.45) is 1.28. The third-order valence-electron chi connectivity index (χ3n) is 3.55. The molecule has 0 saturated carbocycles. The van der Waals surface area contributed by atoms with E-state index >= 15 is 0 Å². The highest BCUT2D eigenvalue weighted by atomic mass is 127. The van der Waals surface area contributed by atoms with Crippen molar-refractivity contribution in [1.29, 1.82) is 0 Å². The zero-order valence-electron chi connectivity index (χ0n) is 10.9. The van der Waals surface area contributed by atoms with Gasteiger partial charge in [-0.15, -0.1) is 0 Å². The van der Waals surface area contributed by atoms with Crippen LogP contribution in [0, 0.1) is 23.3 Å². The smallest absolute Gasteiger partial charge is 0.166 e. The van der Waals surface area contributed by atoms with E-state index in [1.165, 1.54) is 0 Å². The first-order valence-electron chi connectivity index (χ1n) is 6.15. The number of ketones is 1. The van der Waals surface area contributed by atoms with Crippen LogP contribution in [0.5, 0.6) is 0 Å². The van der Waals surface area contributed by atoms with Gasteiger partial charge in [0.2, 0.25) is 0 Å². The molecule has 0 bridgehead atoms. The number of carbonyl (C=O) groups excluding carboxylic acids is 1. The Kier molecular flexibility index (Phi) is 3.80. The number of carbonyl (C=O) groups is 1. The van der Waals surface area contributed by atoms with Crippen molar-refractivity contribution < 1.29 is 9.90 Å². The average Bonchev–Trinajstić information content (AvgIpc) is 2.27. The fourth-order valence-electron chi connectivity index (χ4n) is 2.57. The van der Waals surface area contributed by atoms with E-state index < -0.39 is 0 Å². The van der Waals surface area contributed by atoms with E-state index in [2.05, 4.69) is 34.7 Å². The lowest BCUT2D eigenvalue weighted by molar-refractivity contribution is -0.114. The van der Waals surface area contributed by atoms with Gasteiger partial charge in [0.05, 0.1) is 5.57 Å². The molecule has 1 N–H and O–H groups in total. The maximum Gasteiger partial charge on any atom is 0.166 e. The number of aliphatic hydroxyl groups is 1. The van der Waals surface area contributed by atoms with Crippen molar-refractivity contribution in [1.82, 2.24) is 0 Å². The van der Waals surface area contributed by atoms with Crippen molar-refractivity contribution in [2.45, 2.75) is 33.6 Å². The van der Waals surface area contributed by atoms with Gasteiger partial charge >= 0.3 is 0 Å². The Balaban J connectivity index is 2.68. The number of aryl methyl sites for hydroxylation is 2. The van der Waals surface area contributed by atoms with E-state index in [9.17, 15) is 9.90 Å². The Morgan fingerprint density at radius 2 is 1.83 bits per heavy atom. The summed E-state index contributed by atoms with van der Waals surface area (Å²) >= 11 is 2.27.